The zero-order valence-corrected chi connectivity index (χ0v) is 11.3. The predicted molar refractivity (Wildman–Crippen MR) is 69.1 cm³/mol. The van der Waals surface area contributed by atoms with Crippen LogP contribution in [0.3, 0.4) is 0 Å². The van der Waals surface area contributed by atoms with Crippen LogP contribution in [0.5, 0.6) is 0 Å². The Bertz CT molecular complexity index is 259. The fourth-order valence-electron chi connectivity index (χ4n) is 3.07. The van der Waals surface area contributed by atoms with Crippen LogP contribution in [0.2, 0.25) is 0 Å². The van der Waals surface area contributed by atoms with Crippen molar-refractivity contribution in [1.82, 2.24) is 10.2 Å². The van der Waals surface area contributed by atoms with Crippen LogP contribution in [0.25, 0.3) is 0 Å². The smallest absolute Gasteiger partial charge is 0.0250 e. The maximum Gasteiger partial charge on any atom is 0.0250 e. The first-order valence-electron chi connectivity index (χ1n) is 6.47. The molecule has 0 amide bonds. The van der Waals surface area contributed by atoms with Crippen LogP contribution < -0.4 is 5.32 Å². The van der Waals surface area contributed by atoms with Crippen LogP contribution in [0.4, 0.5) is 0 Å². The zero-order valence-electron chi connectivity index (χ0n) is 10.4. The van der Waals surface area contributed by atoms with Gasteiger partial charge >= 0.3 is 0 Å². The summed E-state index contributed by atoms with van der Waals surface area (Å²) in [6.07, 6.45) is 6.86. The van der Waals surface area contributed by atoms with E-state index in [9.17, 15) is 4.21 Å². The van der Waals surface area contributed by atoms with Crippen LogP contribution in [0.15, 0.2) is 0 Å². The summed E-state index contributed by atoms with van der Waals surface area (Å²) in [6, 6.07) is 1.98. The lowest BCUT2D eigenvalue weighted by Gasteiger charge is -2.24. The first-order chi connectivity index (χ1) is 7.66. The SMILES string of the molecule is CC(CCS(C)=O)NC1CCN2CCCC12. The molecule has 2 aliphatic heterocycles. The summed E-state index contributed by atoms with van der Waals surface area (Å²) >= 11 is 0. The lowest BCUT2D eigenvalue weighted by molar-refractivity contribution is 0.290. The summed E-state index contributed by atoms with van der Waals surface area (Å²) in [6.45, 7) is 4.80. The molecule has 0 spiro atoms. The maximum atomic E-state index is 11.0. The molecule has 2 saturated heterocycles. The molecule has 3 nitrogen and oxygen atoms in total. The van der Waals surface area contributed by atoms with E-state index in [0.29, 0.717) is 12.1 Å². The van der Waals surface area contributed by atoms with Gasteiger partial charge in [0.2, 0.25) is 0 Å². The zero-order chi connectivity index (χ0) is 11.5. The molecule has 0 aromatic heterocycles. The van der Waals surface area contributed by atoms with Gasteiger partial charge in [0.05, 0.1) is 0 Å². The first-order valence-corrected chi connectivity index (χ1v) is 8.19. The highest BCUT2D eigenvalue weighted by Crippen LogP contribution is 2.28. The molecule has 2 rings (SSSR count). The van der Waals surface area contributed by atoms with Gasteiger partial charge in [-0.2, -0.15) is 0 Å². The summed E-state index contributed by atoms with van der Waals surface area (Å²) in [4.78, 5) is 2.63. The van der Waals surface area contributed by atoms with Crippen molar-refractivity contribution >= 4 is 10.8 Å². The number of rotatable bonds is 5. The van der Waals surface area contributed by atoms with Crippen molar-refractivity contribution in [2.45, 2.75) is 50.7 Å². The van der Waals surface area contributed by atoms with Crippen molar-refractivity contribution in [3.05, 3.63) is 0 Å². The second-order valence-electron chi connectivity index (χ2n) is 5.27. The Morgan fingerprint density at radius 1 is 1.44 bits per heavy atom. The molecule has 2 fully saturated rings. The normalized spacial score (nSPS) is 33.9. The number of nitrogens with zero attached hydrogens (tertiary/aromatic N) is 1. The minimum atomic E-state index is -0.645. The highest BCUT2D eigenvalue weighted by atomic mass is 32.2. The Balaban J connectivity index is 1.74. The molecular weight excluding hydrogens is 220 g/mol. The Hall–Kier alpha value is 0.0700. The molecular formula is C12H24N2OS. The largest absolute Gasteiger partial charge is 0.310 e. The van der Waals surface area contributed by atoms with Crippen molar-refractivity contribution < 1.29 is 4.21 Å². The highest BCUT2D eigenvalue weighted by molar-refractivity contribution is 7.84. The summed E-state index contributed by atoms with van der Waals surface area (Å²) in [5.41, 5.74) is 0. The quantitative estimate of drug-likeness (QED) is 0.782. The molecule has 4 atom stereocenters. The topological polar surface area (TPSA) is 32.3 Å². The van der Waals surface area contributed by atoms with Gasteiger partial charge < -0.3 is 5.32 Å². The van der Waals surface area contributed by atoms with Crippen molar-refractivity contribution in [3.8, 4) is 0 Å². The predicted octanol–water partition coefficient (Wildman–Crippen LogP) is 0.970. The minimum Gasteiger partial charge on any atom is -0.310 e. The van der Waals surface area contributed by atoms with Crippen LogP contribution >= 0.6 is 0 Å². The third kappa shape index (κ3) is 3.05. The lowest BCUT2D eigenvalue weighted by Crippen LogP contribution is -2.43. The average Bonchev–Trinajstić information content (AvgIpc) is 2.80. The van der Waals surface area contributed by atoms with Crippen molar-refractivity contribution in [2.24, 2.45) is 0 Å². The van der Waals surface area contributed by atoms with Crippen molar-refractivity contribution in [2.75, 3.05) is 25.1 Å². The van der Waals surface area contributed by atoms with Gasteiger partial charge in [0.25, 0.3) is 0 Å². The maximum absolute atomic E-state index is 11.0. The molecule has 16 heavy (non-hydrogen) atoms. The van der Waals surface area contributed by atoms with E-state index in [2.05, 4.69) is 17.1 Å². The second-order valence-corrected chi connectivity index (χ2v) is 6.83. The molecule has 0 aromatic carbocycles. The van der Waals surface area contributed by atoms with E-state index in [1.165, 1.54) is 32.4 Å². The van der Waals surface area contributed by atoms with Crippen molar-refractivity contribution in [1.29, 1.82) is 0 Å². The Morgan fingerprint density at radius 3 is 3.00 bits per heavy atom. The van der Waals surface area contributed by atoms with Gasteiger partial charge in [0.1, 0.15) is 0 Å². The van der Waals surface area contributed by atoms with E-state index in [4.69, 9.17) is 0 Å². The van der Waals surface area contributed by atoms with E-state index in [0.717, 1.165) is 18.2 Å². The van der Waals surface area contributed by atoms with Gasteiger partial charge in [-0.3, -0.25) is 9.11 Å². The van der Waals surface area contributed by atoms with E-state index in [1.807, 2.05) is 0 Å². The average molecular weight is 244 g/mol. The van der Waals surface area contributed by atoms with E-state index in [-0.39, 0.29) is 0 Å². The lowest BCUT2D eigenvalue weighted by atomic mass is 10.1. The van der Waals surface area contributed by atoms with Gasteiger partial charge in [-0.05, 0) is 39.2 Å². The van der Waals surface area contributed by atoms with E-state index < -0.39 is 10.8 Å². The molecule has 94 valence electrons. The third-order valence-electron chi connectivity index (χ3n) is 3.94. The van der Waals surface area contributed by atoms with Crippen molar-refractivity contribution in [3.63, 3.8) is 0 Å². The standard InChI is InChI=1S/C12H24N2OS/c1-10(6-9-16(2)15)13-11-5-8-14-7-3-4-12(11)14/h10-13H,3-9H2,1-2H3. The second kappa shape index (κ2) is 5.61. The first kappa shape index (κ1) is 12.5. The molecule has 2 heterocycles. The minimum absolute atomic E-state index is 0.509. The fraction of sp³-hybridized carbons (Fsp3) is 1.00. The van der Waals surface area contributed by atoms with E-state index >= 15 is 0 Å². The van der Waals surface area contributed by atoms with Gasteiger partial charge in [0.15, 0.2) is 0 Å². The molecule has 0 bridgehead atoms. The van der Waals surface area contributed by atoms with Gasteiger partial charge in [-0.15, -0.1) is 0 Å². The monoisotopic (exact) mass is 244 g/mol. The van der Waals surface area contributed by atoms with Gasteiger partial charge in [-0.1, -0.05) is 0 Å². The van der Waals surface area contributed by atoms with Gasteiger partial charge in [-0.25, -0.2) is 0 Å². The van der Waals surface area contributed by atoms with Crippen LogP contribution in [-0.4, -0.2) is 52.3 Å². The summed E-state index contributed by atoms with van der Waals surface area (Å²) < 4.78 is 11.0. The van der Waals surface area contributed by atoms with E-state index in [1.54, 1.807) is 6.26 Å². The molecule has 0 saturated carbocycles. The number of hydrogen-bond donors (Lipinski definition) is 1. The Kier molecular flexibility index (Phi) is 4.39. The Morgan fingerprint density at radius 2 is 2.25 bits per heavy atom. The van der Waals surface area contributed by atoms with Crippen LogP contribution in [0, 0.1) is 0 Å². The summed E-state index contributed by atoms with van der Waals surface area (Å²) in [7, 11) is -0.645. The van der Waals surface area contributed by atoms with Crippen LogP contribution in [-0.2, 0) is 10.8 Å². The molecule has 0 radical (unpaired) electrons. The molecule has 4 heteroatoms. The molecule has 4 unspecified atom stereocenters. The number of nitrogens with one attached hydrogen (secondary N) is 1. The molecule has 0 aliphatic carbocycles. The summed E-state index contributed by atoms with van der Waals surface area (Å²) in [5.74, 6) is 0.829. The number of fused-ring (bicyclic) bond motifs is 1. The van der Waals surface area contributed by atoms with Crippen LogP contribution in [0.1, 0.15) is 32.6 Å². The fourth-order valence-corrected chi connectivity index (χ4v) is 3.75. The van der Waals surface area contributed by atoms with Gasteiger partial charge in [0, 0.05) is 47.5 Å². The summed E-state index contributed by atoms with van der Waals surface area (Å²) in [5, 5.41) is 3.73. The molecule has 2 aliphatic rings. The Labute approximate surface area is 101 Å². The number of hydrogen-bond acceptors (Lipinski definition) is 3. The molecule has 1 N–H and O–H groups in total. The molecule has 0 aromatic rings. The highest BCUT2D eigenvalue weighted by Gasteiger charge is 2.37. The third-order valence-corrected chi connectivity index (χ3v) is 4.75.